The first kappa shape index (κ1) is 12.2. The van der Waals surface area contributed by atoms with E-state index >= 15 is 0 Å². The van der Waals surface area contributed by atoms with Gasteiger partial charge in [-0.2, -0.15) is 0 Å². The Morgan fingerprint density at radius 2 is 2.00 bits per heavy atom. The molecule has 1 fully saturated rings. The molecule has 0 aliphatic heterocycles. The van der Waals surface area contributed by atoms with Crippen LogP contribution in [0.15, 0.2) is 24.8 Å². The van der Waals surface area contributed by atoms with Crippen LogP contribution in [0.3, 0.4) is 0 Å². The van der Waals surface area contributed by atoms with E-state index in [1.807, 2.05) is 23.3 Å². The number of aryl methyl sites for hydroxylation is 2. The Bertz CT molecular complexity index is 483. The van der Waals surface area contributed by atoms with Crippen LogP contribution in [0.1, 0.15) is 32.1 Å². The Morgan fingerprint density at radius 3 is 2.79 bits per heavy atom. The number of aromatic nitrogens is 5. The summed E-state index contributed by atoms with van der Waals surface area (Å²) in [6.45, 7) is 1.67. The molecule has 6 nitrogen and oxygen atoms in total. The van der Waals surface area contributed by atoms with E-state index in [0.717, 1.165) is 19.0 Å². The molecule has 2 heterocycles. The van der Waals surface area contributed by atoms with Gasteiger partial charge in [0.05, 0.1) is 12.7 Å². The summed E-state index contributed by atoms with van der Waals surface area (Å²) in [6, 6.07) is 0.585. The van der Waals surface area contributed by atoms with Crippen molar-refractivity contribution in [3.05, 3.63) is 24.8 Å². The van der Waals surface area contributed by atoms with E-state index in [2.05, 4.69) is 25.2 Å². The fourth-order valence-corrected chi connectivity index (χ4v) is 2.62. The van der Waals surface area contributed by atoms with Gasteiger partial charge in [0.2, 0.25) is 5.95 Å². The lowest BCUT2D eigenvalue weighted by Crippen LogP contribution is -2.24. The topological polar surface area (TPSA) is 60.6 Å². The van der Waals surface area contributed by atoms with E-state index in [-0.39, 0.29) is 0 Å². The third kappa shape index (κ3) is 3.13. The molecule has 0 spiro atoms. The van der Waals surface area contributed by atoms with Crippen LogP contribution in [-0.4, -0.2) is 30.6 Å². The highest BCUT2D eigenvalue weighted by atomic mass is 15.4. The van der Waals surface area contributed by atoms with E-state index in [1.54, 1.807) is 6.20 Å². The SMILES string of the molecule is c1cn(CCn2ccnc2NC2CCCCC2)nn1. The summed E-state index contributed by atoms with van der Waals surface area (Å²) >= 11 is 0. The van der Waals surface area contributed by atoms with Crippen LogP contribution in [0.5, 0.6) is 0 Å². The number of anilines is 1. The molecular formula is C13H20N6. The number of imidazole rings is 1. The van der Waals surface area contributed by atoms with Gasteiger partial charge in [-0.15, -0.1) is 5.10 Å². The van der Waals surface area contributed by atoms with Crippen molar-refractivity contribution < 1.29 is 0 Å². The summed E-state index contributed by atoms with van der Waals surface area (Å²) in [4.78, 5) is 4.42. The molecule has 6 heteroatoms. The van der Waals surface area contributed by atoms with Crippen LogP contribution in [0.4, 0.5) is 5.95 Å². The highest BCUT2D eigenvalue weighted by molar-refractivity contribution is 5.27. The molecule has 0 unspecified atom stereocenters. The van der Waals surface area contributed by atoms with Crippen LogP contribution in [0, 0.1) is 0 Å². The predicted molar refractivity (Wildman–Crippen MR) is 72.7 cm³/mol. The zero-order chi connectivity index (χ0) is 12.9. The lowest BCUT2D eigenvalue weighted by molar-refractivity contribution is 0.456. The zero-order valence-electron chi connectivity index (χ0n) is 11.1. The van der Waals surface area contributed by atoms with E-state index in [9.17, 15) is 0 Å². The summed E-state index contributed by atoms with van der Waals surface area (Å²) < 4.78 is 3.99. The summed E-state index contributed by atoms with van der Waals surface area (Å²) in [5.74, 6) is 0.979. The van der Waals surface area contributed by atoms with E-state index < -0.39 is 0 Å². The Labute approximate surface area is 112 Å². The zero-order valence-corrected chi connectivity index (χ0v) is 11.1. The summed E-state index contributed by atoms with van der Waals surface area (Å²) in [5, 5.41) is 11.4. The van der Waals surface area contributed by atoms with Gasteiger partial charge in [0, 0.05) is 31.2 Å². The van der Waals surface area contributed by atoms with Crippen molar-refractivity contribution in [2.24, 2.45) is 0 Å². The molecule has 3 rings (SSSR count). The first-order valence-corrected chi connectivity index (χ1v) is 7.03. The highest BCUT2D eigenvalue weighted by Crippen LogP contribution is 2.20. The first-order chi connectivity index (χ1) is 9.42. The standard InChI is InChI=1S/C13H20N6/c1-2-4-12(5-3-1)16-13-14-6-8-18(13)10-11-19-9-7-15-17-19/h6-9,12H,1-5,10-11H2,(H,14,16). The summed E-state index contributed by atoms with van der Waals surface area (Å²) in [6.07, 6.45) is 14.0. The second kappa shape index (κ2) is 5.86. The third-order valence-electron chi connectivity index (χ3n) is 3.70. The molecule has 2 aromatic heterocycles. The van der Waals surface area contributed by atoms with Crippen molar-refractivity contribution in [1.29, 1.82) is 0 Å². The fourth-order valence-electron chi connectivity index (χ4n) is 2.62. The number of hydrogen-bond acceptors (Lipinski definition) is 4. The van der Waals surface area contributed by atoms with Crippen LogP contribution in [-0.2, 0) is 13.1 Å². The Hall–Kier alpha value is -1.85. The predicted octanol–water partition coefficient (Wildman–Crippen LogP) is 1.92. The lowest BCUT2D eigenvalue weighted by Gasteiger charge is -2.23. The highest BCUT2D eigenvalue weighted by Gasteiger charge is 2.15. The van der Waals surface area contributed by atoms with Crippen LogP contribution >= 0.6 is 0 Å². The molecule has 0 atom stereocenters. The quantitative estimate of drug-likeness (QED) is 0.892. The maximum Gasteiger partial charge on any atom is 0.203 e. The van der Waals surface area contributed by atoms with Crippen molar-refractivity contribution >= 4 is 5.95 Å². The summed E-state index contributed by atoms with van der Waals surface area (Å²) in [5.41, 5.74) is 0. The first-order valence-electron chi connectivity index (χ1n) is 7.03. The minimum Gasteiger partial charge on any atom is -0.353 e. The van der Waals surface area contributed by atoms with Gasteiger partial charge < -0.3 is 9.88 Å². The minimum atomic E-state index is 0.585. The molecular weight excluding hydrogens is 240 g/mol. The van der Waals surface area contributed by atoms with Gasteiger partial charge in [0.1, 0.15) is 0 Å². The van der Waals surface area contributed by atoms with Crippen LogP contribution in [0.25, 0.3) is 0 Å². The fraction of sp³-hybridized carbons (Fsp3) is 0.615. The van der Waals surface area contributed by atoms with Crippen LogP contribution in [0.2, 0.25) is 0 Å². The van der Waals surface area contributed by atoms with Gasteiger partial charge in [-0.05, 0) is 12.8 Å². The molecule has 1 saturated carbocycles. The average Bonchev–Trinajstić information content (AvgIpc) is 3.09. The second-order valence-electron chi connectivity index (χ2n) is 5.09. The lowest BCUT2D eigenvalue weighted by atomic mass is 9.96. The molecule has 102 valence electrons. The third-order valence-corrected chi connectivity index (χ3v) is 3.70. The number of hydrogen-bond donors (Lipinski definition) is 1. The molecule has 1 aliphatic rings. The van der Waals surface area contributed by atoms with Gasteiger partial charge in [0.15, 0.2) is 0 Å². The Balaban J connectivity index is 1.58. The molecule has 19 heavy (non-hydrogen) atoms. The Morgan fingerprint density at radius 1 is 1.11 bits per heavy atom. The Kier molecular flexibility index (Phi) is 3.76. The van der Waals surface area contributed by atoms with Crippen LogP contribution < -0.4 is 5.32 Å². The molecule has 1 N–H and O–H groups in total. The van der Waals surface area contributed by atoms with Gasteiger partial charge in [-0.1, -0.05) is 24.5 Å². The van der Waals surface area contributed by atoms with Crippen molar-refractivity contribution in [2.45, 2.75) is 51.2 Å². The van der Waals surface area contributed by atoms with Crippen molar-refractivity contribution in [1.82, 2.24) is 24.5 Å². The van der Waals surface area contributed by atoms with Gasteiger partial charge in [-0.3, -0.25) is 4.68 Å². The second-order valence-corrected chi connectivity index (χ2v) is 5.09. The van der Waals surface area contributed by atoms with Gasteiger partial charge in [-0.25, -0.2) is 4.98 Å². The van der Waals surface area contributed by atoms with E-state index in [4.69, 9.17) is 0 Å². The van der Waals surface area contributed by atoms with Crippen molar-refractivity contribution in [3.8, 4) is 0 Å². The van der Waals surface area contributed by atoms with Crippen molar-refractivity contribution in [3.63, 3.8) is 0 Å². The average molecular weight is 260 g/mol. The van der Waals surface area contributed by atoms with E-state index in [1.165, 1.54) is 32.1 Å². The largest absolute Gasteiger partial charge is 0.353 e. The number of nitrogens with one attached hydrogen (secondary N) is 1. The van der Waals surface area contributed by atoms with Gasteiger partial charge in [0.25, 0.3) is 0 Å². The molecule has 0 aromatic carbocycles. The summed E-state index contributed by atoms with van der Waals surface area (Å²) in [7, 11) is 0. The molecule has 2 aromatic rings. The molecule has 0 saturated heterocycles. The normalized spacial score (nSPS) is 16.6. The molecule has 1 aliphatic carbocycles. The minimum absolute atomic E-state index is 0.585. The molecule has 0 amide bonds. The number of nitrogens with zero attached hydrogens (tertiary/aromatic N) is 5. The van der Waals surface area contributed by atoms with E-state index in [0.29, 0.717) is 6.04 Å². The smallest absolute Gasteiger partial charge is 0.203 e. The monoisotopic (exact) mass is 260 g/mol. The molecule has 0 radical (unpaired) electrons. The maximum atomic E-state index is 4.42. The maximum absolute atomic E-state index is 4.42. The van der Waals surface area contributed by atoms with Gasteiger partial charge >= 0.3 is 0 Å². The van der Waals surface area contributed by atoms with Crippen molar-refractivity contribution in [2.75, 3.05) is 5.32 Å². The number of rotatable bonds is 5. The molecule has 0 bridgehead atoms.